The summed E-state index contributed by atoms with van der Waals surface area (Å²) in [5, 5.41) is 26.7. The molecule has 0 spiro atoms. The van der Waals surface area contributed by atoms with E-state index in [-0.39, 0.29) is 5.82 Å². The van der Waals surface area contributed by atoms with E-state index in [2.05, 4.69) is 41.7 Å². The molecular formula is C24H19N9S. The zero-order valence-corrected chi connectivity index (χ0v) is 19.5. The molecule has 0 radical (unpaired) electrons. The number of rotatable bonds is 5. The first-order valence-corrected chi connectivity index (χ1v) is 11.3. The molecule has 0 saturated carbocycles. The summed E-state index contributed by atoms with van der Waals surface area (Å²) in [7, 11) is 0. The quantitative estimate of drug-likeness (QED) is 0.308. The van der Waals surface area contributed by atoms with E-state index >= 15 is 0 Å². The maximum Gasteiger partial charge on any atom is 0.213 e. The van der Waals surface area contributed by atoms with Crippen LogP contribution in [0.25, 0.3) is 15.3 Å². The molecule has 9 nitrogen and oxygen atoms in total. The first-order chi connectivity index (χ1) is 16.5. The van der Waals surface area contributed by atoms with Crippen molar-refractivity contribution in [3.05, 3.63) is 77.4 Å². The first kappa shape index (κ1) is 21.4. The lowest BCUT2D eigenvalue weighted by atomic mass is 10.2. The van der Waals surface area contributed by atoms with Gasteiger partial charge in [0.05, 0.1) is 22.1 Å². The second kappa shape index (κ2) is 8.80. The van der Waals surface area contributed by atoms with Crippen molar-refractivity contribution in [2.45, 2.75) is 20.8 Å². The fourth-order valence-electron chi connectivity index (χ4n) is 3.36. The van der Waals surface area contributed by atoms with Gasteiger partial charge < -0.3 is 5.32 Å². The minimum absolute atomic E-state index is 0.197. The molecule has 2 aromatic carbocycles. The Bertz CT molecular complexity index is 1540. The Morgan fingerprint density at radius 2 is 1.76 bits per heavy atom. The Labute approximate surface area is 199 Å². The van der Waals surface area contributed by atoms with Crippen LogP contribution in [0.15, 0.2) is 65.0 Å². The van der Waals surface area contributed by atoms with E-state index in [0.29, 0.717) is 33.7 Å². The smallest absolute Gasteiger partial charge is 0.213 e. The topological polar surface area (TPSA) is 117 Å². The summed E-state index contributed by atoms with van der Waals surface area (Å²) in [5.41, 5.74) is 4.34. The number of nitriles is 1. The van der Waals surface area contributed by atoms with Crippen molar-refractivity contribution >= 4 is 44.6 Å². The van der Waals surface area contributed by atoms with Gasteiger partial charge in [0.2, 0.25) is 10.9 Å². The molecule has 3 aromatic heterocycles. The third-order valence-corrected chi connectivity index (χ3v) is 6.05. The highest BCUT2D eigenvalue weighted by Crippen LogP contribution is 2.32. The van der Waals surface area contributed by atoms with E-state index in [0.717, 1.165) is 21.5 Å². The second-order valence-corrected chi connectivity index (χ2v) is 8.64. The van der Waals surface area contributed by atoms with Crippen LogP contribution >= 0.6 is 11.3 Å². The van der Waals surface area contributed by atoms with Crippen LogP contribution in [0.3, 0.4) is 0 Å². The summed E-state index contributed by atoms with van der Waals surface area (Å²) in [6, 6.07) is 17.9. The molecule has 0 amide bonds. The zero-order chi connectivity index (χ0) is 23.7. The molecule has 0 fully saturated rings. The molecule has 166 valence electrons. The van der Waals surface area contributed by atoms with Gasteiger partial charge in [-0.1, -0.05) is 41.2 Å². The summed E-state index contributed by atoms with van der Waals surface area (Å²) < 4.78 is 2.59. The molecule has 3 heterocycles. The van der Waals surface area contributed by atoms with Gasteiger partial charge in [-0.05, 0) is 45.0 Å². The summed E-state index contributed by atoms with van der Waals surface area (Å²) in [6.07, 6.45) is 1.61. The third-order valence-electron chi connectivity index (χ3n) is 5.02. The fourth-order valence-corrected chi connectivity index (χ4v) is 4.25. The summed E-state index contributed by atoms with van der Waals surface area (Å²) in [6.45, 7) is 5.69. The average Bonchev–Trinajstić information content (AvgIpc) is 3.44. The highest BCUT2D eigenvalue weighted by Gasteiger charge is 2.15. The standard InChI is InChI=1S/C24H19N9S/c1-14-8-10-18(11-9-14)28-23-21(15(2)26-16(3)27-23)30-31-22-17(12-25)13-33(32-22)24-29-19-6-4-5-7-20(19)34-24/h4-11,13H,1-3H3,(H,26,27,28). The highest BCUT2D eigenvalue weighted by atomic mass is 32.1. The van der Waals surface area contributed by atoms with Crippen LogP contribution in [0, 0.1) is 32.1 Å². The number of azo groups is 1. The van der Waals surface area contributed by atoms with Gasteiger partial charge in [0.1, 0.15) is 23.1 Å². The highest BCUT2D eigenvalue weighted by molar-refractivity contribution is 7.20. The molecule has 5 aromatic rings. The molecule has 1 N–H and O–H groups in total. The van der Waals surface area contributed by atoms with E-state index in [1.807, 2.05) is 69.3 Å². The van der Waals surface area contributed by atoms with Gasteiger partial charge in [-0.3, -0.25) is 0 Å². The molecule has 0 unspecified atom stereocenters. The van der Waals surface area contributed by atoms with E-state index in [9.17, 15) is 5.26 Å². The maximum atomic E-state index is 9.62. The molecule has 0 atom stereocenters. The normalized spacial score (nSPS) is 11.2. The number of hydrogen-bond acceptors (Lipinski definition) is 9. The van der Waals surface area contributed by atoms with E-state index in [1.54, 1.807) is 10.9 Å². The van der Waals surface area contributed by atoms with Crippen molar-refractivity contribution in [1.82, 2.24) is 24.7 Å². The Morgan fingerprint density at radius 1 is 0.971 bits per heavy atom. The second-order valence-electron chi connectivity index (χ2n) is 7.63. The van der Waals surface area contributed by atoms with Crippen LogP contribution in [0.5, 0.6) is 0 Å². The molecule has 0 saturated heterocycles. The predicted octanol–water partition coefficient (Wildman–Crippen LogP) is 6.23. The van der Waals surface area contributed by atoms with Crippen molar-refractivity contribution in [2.24, 2.45) is 10.2 Å². The molecule has 0 aliphatic rings. The monoisotopic (exact) mass is 465 g/mol. The lowest BCUT2D eigenvalue weighted by Crippen LogP contribution is -2.00. The van der Waals surface area contributed by atoms with E-state index < -0.39 is 0 Å². The Kier molecular flexibility index (Phi) is 5.53. The lowest BCUT2D eigenvalue weighted by molar-refractivity contribution is 0.867. The number of aryl methyl sites for hydroxylation is 3. The number of nitrogens with zero attached hydrogens (tertiary/aromatic N) is 8. The van der Waals surface area contributed by atoms with Gasteiger partial charge in [-0.15, -0.1) is 15.3 Å². The van der Waals surface area contributed by atoms with Crippen LogP contribution in [-0.2, 0) is 0 Å². The fraction of sp³-hybridized carbons (Fsp3) is 0.125. The molecule has 34 heavy (non-hydrogen) atoms. The third kappa shape index (κ3) is 4.24. The predicted molar refractivity (Wildman–Crippen MR) is 132 cm³/mol. The minimum Gasteiger partial charge on any atom is -0.338 e. The molecule has 0 bridgehead atoms. The van der Waals surface area contributed by atoms with Gasteiger partial charge in [0, 0.05) is 5.69 Å². The molecule has 0 aliphatic carbocycles. The SMILES string of the molecule is Cc1ccc(Nc2nc(C)nc(C)c2N=Nc2nn(-c3nc4ccccc4s3)cc2C#N)cc1. The Morgan fingerprint density at radius 3 is 2.53 bits per heavy atom. The lowest BCUT2D eigenvalue weighted by Gasteiger charge is -2.10. The van der Waals surface area contributed by atoms with Crippen molar-refractivity contribution in [3.8, 4) is 11.2 Å². The van der Waals surface area contributed by atoms with E-state index in [4.69, 9.17) is 0 Å². The number of fused-ring (bicyclic) bond motifs is 1. The van der Waals surface area contributed by atoms with Gasteiger partial charge in [-0.25, -0.2) is 19.6 Å². The van der Waals surface area contributed by atoms with Gasteiger partial charge in [-0.2, -0.15) is 5.26 Å². The van der Waals surface area contributed by atoms with Crippen LogP contribution in [0.2, 0.25) is 0 Å². The average molecular weight is 466 g/mol. The number of nitrogens with one attached hydrogen (secondary N) is 1. The summed E-state index contributed by atoms with van der Waals surface area (Å²) in [5.74, 6) is 1.34. The van der Waals surface area contributed by atoms with Gasteiger partial charge in [0.15, 0.2) is 5.82 Å². The molecule has 10 heteroatoms. The van der Waals surface area contributed by atoms with Gasteiger partial charge in [0.25, 0.3) is 0 Å². The number of aromatic nitrogens is 5. The minimum atomic E-state index is 0.197. The number of benzene rings is 2. The van der Waals surface area contributed by atoms with Crippen LogP contribution < -0.4 is 5.32 Å². The molecule has 0 aliphatic heterocycles. The summed E-state index contributed by atoms with van der Waals surface area (Å²) >= 11 is 1.48. The van der Waals surface area contributed by atoms with Crippen molar-refractivity contribution in [3.63, 3.8) is 0 Å². The summed E-state index contributed by atoms with van der Waals surface area (Å²) in [4.78, 5) is 13.5. The Hall–Kier alpha value is -4.49. The van der Waals surface area contributed by atoms with Crippen molar-refractivity contribution < 1.29 is 0 Å². The van der Waals surface area contributed by atoms with Crippen LogP contribution in [0.4, 0.5) is 23.0 Å². The first-order valence-electron chi connectivity index (χ1n) is 10.5. The van der Waals surface area contributed by atoms with Gasteiger partial charge >= 0.3 is 0 Å². The number of para-hydroxylation sites is 1. The largest absolute Gasteiger partial charge is 0.338 e. The number of hydrogen-bond donors (Lipinski definition) is 1. The van der Waals surface area contributed by atoms with Crippen LogP contribution in [0.1, 0.15) is 22.6 Å². The number of thiazole rings is 1. The van der Waals surface area contributed by atoms with Crippen molar-refractivity contribution in [2.75, 3.05) is 5.32 Å². The molecule has 5 rings (SSSR count). The van der Waals surface area contributed by atoms with Crippen LogP contribution in [-0.4, -0.2) is 24.7 Å². The number of anilines is 2. The molecular weight excluding hydrogens is 446 g/mol. The zero-order valence-electron chi connectivity index (χ0n) is 18.7. The maximum absolute atomic E-state index is 9.62. The van der Waals surface area contributed by atoms with E-state index in [1.165, 1.54) is 11.3 Å². The van der Waals surface area contributed by atoms with Crippen molar-refractivity contribution in [1.29, 1.82) is 5.26 Å². The Balaban J connectivity index is 1.50.